The summed E-state index contributed by atoms with van der Waals surface area (Å²) in [5, 5.41) is 4.90. The molecule has 2 aromatic carbocycles. The van der Waals surface area contributed by atoms with E-state index in [-0.39, 0.29) is 5.97 Å². The predicted molar refractivity (Wildman–Crippen MR) is 114 cm³/mol. The van der Waals surface area contributed by atoms with Gasteiger partial charge >= 0.3 is 5.97 Å². The minimum Gasteiger partial charge on any atom is -0.461 e. The van der Waals surface area contributed by atoms with Crippen molar-refractivity contribution >= 4 is 39.8 Å². The molecule has 4 rings (SSSR count). The lowest BCUT2D eigenvalue weighted by molar-refractivity contribution is 0.0196. The van der Waals surface area contributed by atoms with Crippen LogP contribution in [0.1, 0.15) is 10.4 Å². The molecule has 0 bridgehead atoms. The molecule has 29 heavy (non-hydrogen) atoms. The number of fused-ring (bicyclic) bond motifs is 1. The topological polar surface area (TPSA) is 63.7 Å². The van der Waals surface area contributed by atoms with Crippen LogP contribution in [0, 0.1) is 0 Å². The van der Waals surface area contributed by atoms with Crippen LogP contribution in [0.3, 0.4) is 0 Å². The number of aromatic nitrogens is 1. The first kappa shape index (κ1) is 19.6. The van der Waals surface area contributed by atoms with Crippen LogP contribution in [-0.4, -0.2) is 55.3 Å². The number of carbonyl (C=O) groups is 1. The maximum atomic E-state index is 12.7. The van der Waals surface area contributed by atoms with Crippen molar-refractivity contribution in [3.05, 3.63) is 65.3 Å². The number of benzene rings is 2. The molecule has 0 saturated carbocycles. The van der Waals surface area contributed by atoms with Gasteiger partial charge in [0.2, 0.25) is 0 Å². The number of nitrogens with one attached hydrogen (secondary N) is 1. The van der Waals surface area contributed by atoms with Crippen LogP contribution in [0.4, 0.5) is 11.4 Å². The zero-order valence-electron chi connectivity index (χ0n) is 15.9. The van der Waals surface area contributed by atoms with Gasteiger partial charge in [-0.25, -0.2) is 4.79 Å². The van der Waals surface area contributed by atoms with Gasteiger partial charge in [-0.15, -0.1) is 0 Å². The Morgan fingerprint density at radius 2 is 1.97 bits per heavy atom. The fourth-order valence-electron chi connectivity index (χ4n) is 3.32. The van der Waals surface area contributed by atoms with E-state index in [2.05, 4.69) is 15.2 Å². The highest BCUT2D eigenvalue weighted by molar-refractivity contribution is 6.31. The minimum atomic E-state index is -0.345. The molecule has 3 aromatic rings. The number of hydrogen-bond donors (Lipinski definition) is 1. The van der Waals surface area contributed by atoms with Crippen LogP contribution >= 0.6 is 11.6 Å². The Labute approximate surface area is 174 Å². The van der Waals surface area contributed by atoms with Gasteiger partial charge in [0.05, 0.1) is 30.0 Å². The average Bonchev–Trinajstić information content (AvgIpc) is 2.75. The molecular formula is C22H22ClN3O3. The number of anilines is 2. The summed E-state index contributed by atoms with van der Waals surface area (Å²) < 4.78 is 10.9. The summed E-state index contributed by atoms with van der Waals surface area (Å²) in [5.41, 5.74) is 2.81. The quantitative estimate of drug-likeness (QED) is 0.615. The van der Waals surface area contributed by atoms with E-state index in [0.29, 0.717) is 29.4 Å². The van der Waals surface area contributed by atoms with Crippen molar-refractivity contribution in [2.75, 3.05) is 44.8 Å². The Hall–Kier alpha value is -2.67. The number of ether oxygens (including phenoxy) is 2. The third-order valence-electron chi connectivity index (χ3n) is 4.87. The fraction of sp³-hybridized carbons (Fsp3) is 0.273. The van der Waals surface area contributed by atoms with Gasteiger partial charge in [-0.2, -0.15) is 0 Å². The van der Waals surface area contributed by atoms with E-state index in [0.717, 1.165) is 42.9 Å². The van der Waals surface area contributed by atoms with E-state index in [1.165, 1.54) is 0 Å². The number of esters is 1. The van der Waals surface area contributed by atoms with Crippen LogP contribution in [0.25, 0.3) is 10.9 Å². The standard InChI is InChI=1S/C22H22ClN3O3/c23-16-5-6-17-20(7-8-24-21(17)15-16)25-19-4-2-1-3-18(19)22(27)29-14-11-26-9-12-28-13-10-26/h1-8,15H,9-14H2,(H,24,25). The first-order valence-electron chi connectivity index (χ1n) is 9.58. The smallest absolute Gasteiger partial charge is 0.340 e. The molecule has 2 heterocycles. The van der Waals surface area contributed by atoms with Gasteiger partial charge in [0, 0.05) is 41.9 Å². The summed E-state index contributed by atoms with van der Waals surface area (Å²) in [4.78, 5) is 19.3. The summed E-state index contributed by atoms with van der Waals surface area (Å²) in [6, 6.07) is 14.8. The van der Waals surface area contributed by atoms with Crippen LogP contribution in [0.5, 0.6) is 0 Å². The number of rotatable bonds is 6. The molecule has 150 valence electrons. The molecule has 0 radical (unpaired) electrons. The van der Waals surface area contributed by atoms with Gasteiger partial charge in [0.15, 0.2) is 0 Å². The van der Waals surface area contributed by atoms with E-state index < -0.39 is 0 Å². The van der Waals surface area contributed by atoms with Crippen LogP contribution < -0.4 is 5.32 Å². The van der Waals surface area contributed by atoms with Crippen molar-refractivity contribution in [2.45, 2.75) is 0 Å². The zero-order chi connectivity index (χ0) is 20.1. The third kappa shape index (κ3) is 4.85. The molecule has 1 saturated heterocycles. The zero-order valence-corrected chi connectivity index (χ0v) is 16.7. The van der Waals surface area contributed by atoms with Crippen molar-refractivity contribution < 1.29 is 14.3 Å². The van der Waals surface area contributed by atoms with Gasteiger partial charge in [0.25, 0.3) is 0 Å². The van der Waals surface area contributed by atoms with Crippen LogP contribution in [0.2, 0.25) is 5.02 Å². The monoisotopic (exact) mass is 411 g/mol. The molecule has 1 N–H and O–H groups in total. The number of hydrogen-bond acceptors (Lipinski definition) is 6. The van der Waals surface area contributed by atoms with Crippen molar-refractivity contribution in [2.24, 2.45) is 0 Å². The summed E-state index contributed by atoms with van der Waals surface area (Å²) >= 11 is 6.07. The van der Waals surface area contributed by atoms with Crippen molar-refractivity contribution in [1.29, 1.82) is 0 Å². The lowest BCUT2D eigenvalue weighted by Crippen LogP contribution is -2.38. The minimum absolute atomic E-state index is 0.345. The second kappa shape index (κ2) is 9.22. The maximum Gasteiger partial charge on any atom is 0.340 e. The van der Waals surface area contributed by atoms with Crippen LogP contribution in [0.15, 0.2) is 54.7 Å². The largest absolute Gasteiger partial charge is 0.461 e. The van der Waals surface area contributed by atoms with Gasteiger partial charge in [-0.3, -0.25) is 9.88 Å². The maximum absolute atomic E-state index is 12.7. The highest BCUT2D eigenvalue weighted by Crippen LogP contribution is 2.28. The number of carbonyl (C=O) groups excluding carboxylic acids is 1. The summed E-state index contributed by atoms with van der Waals surface area (Å²) in [6.07, 6.45) is 1.71. The number of para-hydroxylation sites is 1. The molecule has 0 unspecified atom stereocenters. The van der Waals surface area contributed by atoms with Crippen molar-refractivity contribution in [3.8, 4) is 0 Å². The highest BCUT2D eigenvalue weighted by Gasteiger charge is 2.15. The predicted octanol–water partition coefficient (Wildman–Crippen LogP) is 4.12. The lowest BCUT2D eigenvalue weighted by atomic mass is 10.1. The number of nitrogens with zero attached hydrogens (tertiary/aromatic N) is 2. The van der Waals surface area contributed by atoms with Gasteiger partial charge in [-0.05, 0) is 36.4 Å². The number of pyridine rings is 1. The molecule has 1 aliphatic rings. The van der Waals surface area contributed by atoms with Crippen LogP contribution in [-0.2, 0) is 9.47 Å². The fourth-order valence-corrected chi connectivity index (χ4v) is 3.48. The number of morpholine rings is 1. The number of halogens is 1. The Bertz CT molecular complexity index is 1010. The first-order valence-corrected chi connectivity index (χ1v) is 9.96. The average molecular weight is 412 g/mol. The summed E-state index contributed by atoms with van der Waals surface area (Å²) in [7, 11) is 0. The second-order valence-electron chi connectivity index (χ2n) is 6.78. The molecule has 0 amide bonds. The molecule has 6 nitrogen and oxygen atoms in total. The molecule has 0 atom stereocenters. The van der Waals surface area contributed by atoms with E-state index in [1.54, 1.807) is 12.3 Å². The highest BCUT2D eigenvalue weighted by atomic mass is 35.5. The van der Waals surface area contributed by atoms with E-state index >= 15 is 0 Å². The Kier molecular flexibility index (Phi) is 6.24. The van der Waals surface area contributed by atoms with E-state index in [9.17, 15) is 4.79 Å². The molecule has 0 spiro atoms. The Morgan fingerprint density at radius 1 is 1.14 bits per heavy atom. The summed E-state index contributed by atoms with van der Waals surface area (Å²) in [5.74, 6) is -0.345. The van der Waals surface area contributed by atoms with Crippen molar-refractivity contribution in [1.82, 2.24) is 9.88 Å². The SMILES string of the molecule is O=C(OCCN1CCOCC1)c1ccccc1Nc1ccnc2cc(Cl)ccc12. The Balaban J connectivity index is 1.47. The van der Waals surface area contributed by atoms with Gasteiger partial charge in [0.1, 0.15) is 6.61 Å². The molecule has 0 aliphatic carbocycles. The Morgan fingerprint density at radius 3 is 2.83 bits per heavy atom. The first-order chi connectivity index (χ1) is 14.2. The molecule has 7 heteroatoms. The second-order valence-corrected chi connectivity index (χ2v) is 7.22. The molecule has 1 aliphatic heterocycles. The van der Waals surface area contributed by atoms with Gasteiger partial charge in [-0.1, -0.05) is 23.7 Å². The molecule has 1 fully saturated rings. The van der Waals surface area contributed by atoms with E-state index in [4.69, 9.17) is 21.1 Å². The van der Waals surface area contributed by atoms with E-state index in [1.807, 2.05) is 42.5 Å². The molecular weight excluding hydrogens is 390 g/mol. The van der Waals surface area contributed by atoms with Crippen molar-refractivity contribution in [3.63, 3.8) is 0 Å². The normalized spacial score (nSPS) is 14.7. The van der Waals surface area contributed by atoms with Gasteiger partial charge < -0.3 is 14.8 Å². The molecule has 1 aromatic heterocycles. The lowest BCUT2D eigenvalue weighted by Gasteiger charge is -2.26. The third-order valence-corrected chi connectivity index (χ3v) is 5.10. The summed E-state index contributed by atoms with van der Waals surface area (Å²) in [6.45, 7) is 4.26.